The van der Waals surface area contributed by atoms with Crippen molar-refractivity contribution in [1.29, 1.82) is 0 Å². The van der Waals surface area contributed by atoms with Crippen molar-refractivity contribution in [2.45, 2.75) is 19.6 Å². The molecule has 0 saturated carbocycles. The summed E-state index contributed by atoms with van der Waals surface area (Å²) in [6.45, 7) is 2.28. The Morgan fingerprint density at radius 2 is 1.88 bits per heavy atom. The molecule has 0 bridgehead atoms. The minimum Gasteiger partial charge on any atom is -0.352 e. The molecular weight excluding hydrogens is 445 g/mol. The van der Waals surface area contributed by atoms with Crippen molar-refractivity contribution in [1.82, 2.24) is 20.4 Å². The molecule has 25 heavy (non-hydrogen) atoms. The maximum Gasteiger partial charge on any atom is 0.191 e. The van der Waals surface area contributed by atoms with E-state index in [2.05, 4.69) is 62.5 Å². The van der Waals surface area contributed by atoms with Crippen molar-refractivity contribution in [2.75, 3.05) is 7.05 Å². The van der Waals surface area contributed by atoms with Crippen LogP contribution >= 0.6 is 35.3 Å². The lowest BCUT2D eigenvalue weighted by molar-refractivity contribution is 0.677. The zero-order valence-electron chi connectivity index (χ0n) is 14.1. The first-order valence-electron chi connectivity index (χ1n) is 7.86. The second-order valence-electron chi connectivity index (χ2n) is 5.33. The number of hydrogen-bond donors (Lipinski definition) is 2. The monoisotopic (exact) mass is 467 g/mol. The summed E-state index contributed by atoms with van der Waals surface area (Å²) in [6.07, 6.45) is 3.78. The van der Waals surface area contributed by atoms with Crippen LogP contribution in [0.3, 0.4) is 0 Å². The quantitative estimate of drug-likeness (QED) is 0.332. The van der Waals surface area contributed by atoms with Crippen LogP contribution in [-0.4, -0.2) is 22.8 Å². The van der Waals surface area contributed by atoms with Gasteiger partial charge >= 0.3 is 0 Å². The van der Waals surface area contributed by atoms with Crippen LogP contribution in [0.5, 0.6) is 0 Å². The molecule has 2 heterocycles. The zero-order valence-corrected chi connectivity index (χ0v) is 17.2. The predicted octanol–water partition coefficient (Wildman–Crippen LogP) is 3.48. The fraction of sp³-hybridized carbons (Fsp3) is 0.222. The SMILES string of the molecule is CN=C(NCc1cccs1)NCc1ccccc1Cn1cccn1.I. The summed E-state index contributed by atoms with van der Waals surface area (Å²) < 4.78 is 1.93. The molecule has 1 aromatic carbocycles. The molecule has 0 amide bonds. The Morgan fingerprint density at radius 3 is 2.56 bits per heavy atom. The van der Waals surface area contributed by atoms with Gasteiger partial charge in [-0.2, -0.15) is 5.10 Å². The molecule has 0 aliphatic heterocycles. The van der Waals surface area contributed by atoms with Gasteiger partial charge in [-0.3, -0.25) is 9.67 Å². The number of thiophene rings is 1. The number of hydrogen-bond acceptors (Lipinski definition) is 3. The fourth-order valence-corrected chi connectivity index (χ4v) is 3.08. The highest BCUT2D eigenvalue weighted by Crippen LogP contribution is 2.10. The van der Waals surface area contributed by atoms with Crippen LogP contribution in [0.2, 0.25) is 0 Å². The molecule has 5 nitrogen and oxygen atoms in total. The molecule has 2 aromatic heterocycles. The van der Waals surface area contributed by atoms with Crippen LogP contribution in [-0.2, 0) is 19.6 Å². The molecule has 0 radical (unpaired) electrons. The molecule has 7 heteroatoms. The smallest absolute Gasteiger partial charge is 0.191 e. The molecule has 2 N–H and O–H groups in total. The summed E-state index contributed by atoms with van der Waals surface area (Å²) in [7, 11) is 1.79. The Morgan fingerprint density at radius 1 is 1.08 bits per heavy atom. The molecule has 0 saturated heterocycles. The Labute approximate surface area is 169 Å². The number of nitrogens with one attached hydrogen (secondary N) is 2. The fourth-order valence-electron chi connectivity index (χ4n) is 2.44. The van der Waals surface area contributed by atoms with E-state index in [4.69, 9.17) is 0 Å². The van der Waals surface area contributed by atoms with Gasteiger partial charge in [0, 0.05) is 30.9 Å². The third-order valence-electron chi connectivity index (χ3n) is 3.69. The number of guanidine groups is 1. The van der Waals surface area contributed by atoms with Crippen molar-refractivity contribution in [3.63, 3.8) is 0 Å². The van der Waals surface area contributed by atoms with E-state index in [0.29, 0.717) is 0 Å². The number of halogens is 1. The largest absolute Gasteiger partial charge is 0.352 e. The van der Waals surface area contributed by atoms with Crippen molar-refractivity contribution < 1.29 is 0 Å². The summed E-state index contributed by atoms with van der Waals surface area (Å²) in [4.78, 5) is 5.58. The Bertz CT molecular complexity index is 769. The van der Waals surface area contributed by atoms with Crippen molar-refractivity contribution in [3.8, 4) is 0 Å². The van der Waals surface area contributed by atoms with E-state index in [1.165, 1.54) is 16.0 Å². The molecule has 0 aliphatic carbocycles. The van der Waals surface area contributed by atoms with Gasteiger partial charge in [0.1, 0.15) is 0 Å². The minimum absolute atomic E-state index is 0. The van der Waals surface area contributed by atoms with E-state index in [-0.39, 0.29) is 24.0 Å². The van der Waals surface area contributed by atoms with Crippen molar-refractivity contribution >= 4 is 41.3 Å². The van der Waals surface area contributed by atoms with Crippen LogP contribution < -0.4 is 10.6 Å². The van der Waals surface area contributed by atoms with Gasteiger partial charge in [-0.05, 0) is 28.6 Å². The minimum atomic E-state index is 0. The molecular formula is C18H22IN5S. The van der Waals surface area contributed by atoms with Crippen LogP contribution in [0.1, 0.15) is 16.0 Å². The Balaban J connectivity index is 0.00000225. The van der Waals surface area contributed by atoms with E-state index in [9.17, 15) is 0 Å². The van der Waals surface area contributed by atoms with Gasteiger partial charge in [-0.25, -0.2) is 0 Å². The lowest BCUT2D eigenvalue weighted by Gasteiger charge is -2.14. The van der Waals surface area contributed by atoms with Gasteiger partial charge in [0.05, 0.1) is 13.1 Å². The lowest BCUT2D eigenvalue weighted by Crippen LogP contribution is -2.36. The number of rotatable bonds is 6. The maximum atomic E-state index is 4.29. The van der Waals surface area contributed by atoms with Crippen LogP contribution in [0.15, 0.2) is 65.2 Å². The van der Waals surface area contributed by atoms with Gasteiger partial charge in [-0.1, -0.05) is 30.3 Å². The molecule has 0 spiro atoms. The Kier molecular flexibility index (Phi) is 7.93. The highest BCUT2D eigenvalue weighted by atomic mass is 127. The molecule has 3 rings (SSSR count). The second-order valence-corrected chi connectivity index (χ2v) is 6.36. The van der Waals surface area contributed by atoms with Gasteiger partial charge in [-0.15, -0.1) is 35.3 Å². The third kappa shape index (κ3) is 5.86. The average molecular weight is 467 g/mol. The zero-order chi connectivity index (χ0) is 16.6. The number of aliphatic imine (C=N–C) groups is 1. The maximum absolute atomic E-state index is 4.29. The van der Waals surface area contributed by atoms with E-state index >= 15 is 0 Å². The Hall–Kier alpha value is -1.87. The van der Waals surface area contributed by atoms with Gasteiger partial charge in [0.15, 0.2) is 5.96 Å². The summed E-state index contributed by atoms with van der Waals surface area (Å²) >= 11 is 1.74. The second kappa shape index (κ2) is 10.2. The summed E-state index contributed by atoms with van der Waals surface area (Å²) in [5.74, 6) is 0.803. The van der Waals surface area contributed by atoms with Crippen molar-refractivity contribution in [2.24, 2.45) is 4.99 Å². The molecule has 132 valence electrons. The summed E-state index contributed by atoms with van der Waals surface area (Å²) in [6, 6.07) is 14.5. The molecule has 3 aromatic rings. The number of aromatic nitrogens is 2. The van der Waals surface area contributed by atoms with Crippen LogP contribution in [0.25, 0.3) is 0 Å². The standard InChI is InChI=1S/C18H21N5S.HI/c1-19-18(21-13-17-8-4-11-24-17)20-12-15-6-2-3-7-16(15)14-23-10-5-9-22-23;/h2-11H,12-14H2,1H3,(H2,19,20,21);1H. The van der Waals surface area contributed by atoms with E-state index in [1.807, 2.05) is 16.9 Å². The first kappa shape index (κ1) is 19.5. The van der Waals surface area contributed by atoms with E-state index < -0.39 is 0 Å². The lowest BCUT2D eigenvalue weighted by atomic mass is 10.1. The van der Waals surface area contributed by atoms with Crippen molar-refractivity contribution in [3.05, 3.63) is 76.2 Å². The average Bonchev–Trinajstić information content (AvgIpc) is 3.30. The van der Waals surface area contributed by atoms with Gasteiger partial charge in [0.2, 0.25) is 0 Å². The molecule has 0 aliphatic rings. The highest BCUT2D eigenvalue weighted by Gasteiger charge is 2.05. The third-order valence-corrected chi connectivity index (χ3v) is 4.57. The topological polar surface area (TPSA) is 54.2 Å². The predicted molar refractivity (Wildman–Crippen MR) is 115 cm³/mol. The highest BCUT2D eigenvalue weighted by molar-refractivity contribution is 14.0. The van der Waals surface area contributed by atoms with E-state index in [1.54, 1.807) is 24.6 Å². The first-order valence-corrected chi connectivity index (χ1v) is 8.74. The summed E-state index contributed by atoms with van der Waals surface area (Å²) in [5, 5.41) is 13.1. The molecule has 0 atom stereocenters. The van der Waals surface area contributed by atoms with Gasteiger partial charge in [0.25, 0.3) is 0 Å². The first-order chi connectivity index (χ1) is 11.8. The molecule has 0 fully saturated rings. The van der Waals surface area contributed by atoms with Crippen LogP contribution in [0, 0.1) is 0 Å². The number of nitrogens with zero attached hydrogens (tertiary/aromatic N) is 3. The van der Waals surface area contributed by atoms with Crippen LogP contribution in [0.4, 0.5) is 0 Å². The summed E-state index contributed by atoms with van der Waals surface area (Å²) in [5.41, 5.74) is 2.49. The molecule has 0 unspecified atom stereocenters. The normalized spacial score (nSPS) is 11.0. The van der Waals surface area contributed by atoms with Gasteiger partial charge < -0.3 is 10.6 Å². The van der Waals surface area contributed by atoms with E-state index in [0.717, 1.165) is 25.6 Å². The number of benzene rings is 1.